The number of rotatable bonds is 9. The van der Waals surface area contributed by atoms with Gasteiger partial charge in [0.05, 0.1) is 21.3 Å². The van der Waals surface area contributed by atoms with E-state index in [-0.39, 0.29) is 39.4 Å². The van der Waals surface area contributed by atoms with Gasteiger partial charge in [0.15, 0.2) is 9.84 Å². The first-order valence-corrected chi connectivity index (χ1v) is 15.2. The second kappa shape index (κ2) is 9.72. The molecule has 0 unspecified atom stereocenters. The van der Waals surface area contributed by atoms with Gasteiger partial charge in [-0.05, 0) is 54.8 Å². The van der Waals surface area contributed by atoms with Crippen molar-refractivity contribution in [1.29, 1.82) is 0 Å². The molecule has 0 aliphatic heterocycles. The second-order valence-corrected chi connectivity index (χ2v) is 13.3. The van der Waals surface area contributed by atoms with Crippen molar-refractivity contribution in [3.05, 3.63) is 76.7 Å². The van der Waals surface area contributed by atoms with Crippen LogP contribution in [0.3, 0.4) is 0 Å². The molecule has 2 heterocycles. The predicted molar refractivity (Wildman–Crippen MR) is 147 cm³/mol. The van der Waals surface area contributed by atoms with E-state index in [1.807, 2.05) is 12.1 Å². The van der Waals surface area contributed by atoms with Crippen LogP contribution in [-0.4, -0.2) is 50.3 Å². The lowest BCUT2D eigenvalue weighted by molar-refractivity contribution is 0.592. The van der Waals surface area contributed by atoms with E-state index < -0.39 is 19.9 Å². The molecule has 11 nitrogen and oxygen atoms in total. The fourth-order valence-electron chi connectivity index (χ4n) is 4.05. The van der Waals surface area contributed by atoms with Crippen molar-refractivity contribution in [2.75, 3.05) is 28.2 Å². The number of fused-ring (bicyclic) bond motifs is 1. The zero-order valence-electron chi connectivity index (χ0n) is 20.7. The van der Waals surface area contributed by atoms with Crippen molar-refractivity contribution >= 4 is 53.9 Å². The van der Waals surface area contributed by atoms with Crippen LogP contribution in [0.1, 0.15) is 18.4 Å². The normalized spacial score (nSPS) is 13.8. The number of hydrogen-bond acceptors (Lipinski definition) is 9. The number of pyridine rings is 1. The van der Waals surface area contributed by atoms with Gasteiger partial charge in [-0.2, -0.15) is 4.98 Å². The Hall–Kier alpha value is -3.97. The monoisotopic (exact) mass is 554 g/mol. The third-order valence-corrected chi connectivity index (χ3v) is 9.66. The number of anilines is 4. The molecule has 0 saturated heterocycles. The molecule has 38 heavy (non-hydrogen) atoms. The van der Waals surface area contributed by atoms with E-state index in [9.17, 15) is 21.6 Å². The fourth-order valence-corrected chi connectivity index (χ4v) is 6.31. The molecule has 3 N–H and O–H groups in total. The number of sulfonamides is 1. The third-order valence-electron chi connectivity index (χ3n) is 6.26. The van der Waals surface area contributed by atoms with E-state index >= 15 is 0 Å². The van der Waals surface area contributed by atoms with Gasteiger partial charge in [0.25, 0.3) is 5.56 Å². The lowest BCUT2D eigenvalue weighted by atomic mass is 10.2. The summed E-state index contributed by atoms with van der Waals surface area (Å²) in [5, 5.41) is 6.12. The van der Waals surface area contributed by atoms with Crippen molar-refractivity contribution in [2.24, 2.45) is 0 Å². The van der Waals surface area contributed by atoms with Gasteiger partial charge in [0.2, 0.25) is 16.0 Å². The molecule has 2 aromatic heterocycles. The van der Waals surface area contributed by atoms with Crippen LogP contribution in [0.5, 0.6) is 0 Å². The SMILES string of the molecule is CN(c1ccccc1CNc1nc(Nc2ccc(S(C)(=O)=O)cc2)c2c(=O)[nH]ccc2n1)S(=O)(=O)C1CC1. The molecule has 2 aromatic carbocycles. The number of benzene rings is 2. The summed E-state index contributed by atoms with van der Waals surface area (Å²) in [5.74, 6) is 0.453. The fraction of sp³-hybridized carbons (Fsp3) is 0.240. The van der Waals surface area contributed by atoms with Crippen LogP contribution in [-0.2, 0) is 26.4 Å². The molecule has 0 radical (unpaired) electrons. The molecular formula is C25H26N6O5S2. The largest absolute Gasteiger partial charge is 0.350 e. The maximum atomic E-state index is 12.8. The Morgan fingerprint density at radius 2 is 1.71 bits per heavy atom. The summed E-state index contributed by atoms with van der Waals surface area (Å²) in [6, 6.07) is 14.9. The molecule has 1 aliphatic carbocycles. The van der Waals surface area contributed by atoms with Crippen molar-refractivity contribution < 1.29 is 16.8 Å². The van der Waals surface area contributed by atoms with E-state index in [1.54, 1.807) is 37.4 Å². The number of aromatic nitrogens is 3. The van der Waals surface area contributed by atoms with E-state index in [0.29, 0.717) is 29.7 Å². The van der Waals surface area contributed by atoms with E-state index in [0.717, 1.165) is 11.8 Å². The molecule has 1 saturated carbocycles. The van der Waals surface area contributed by atoms with Gasteiger partial charge in [0, 0.05) is 31.7 Å². The van der Waals surface area contributed by atoms with Crippen LogP contribution in [0.25, 0.3) is 10.9 Å². The van der Waals surface area contributed by atoms with Crippen LogP contribution in [0.2, 0.25) is 0 Å². The highest BCUT2D eigenvalue weighted by Gasteiger charge is 2.39. The van der Waals surface area contributed by atoms with Gasteiger partial charge in [-0.3, -0.25) is 9.10 Å². The van der Waals surface area contributed by atoms with Crippen molar-refractivity contribution in [1.82, 2.24) is 15.0 Å². The highest BCUT2D eigenvalue weighted by atomic mass is 32.2. The first kappa shape index (κ1) is 25.7. The Kier molecular flexibility index (Phi) is 6.57. The van der Waals surface area contributed by atoms with Gasteiger partial charge in [-0.1, -0.05) is 18.2 Å². The first-order valence-electron chi connectivity index (χ1n) is 11.8. The van der Waals surface area contributed by atoms with Crippen molar-refractivity contribution in [2.45, 2.75) is 29.5 Å². The molecule has 1 aliphatic rings. The van der Waals surface area contributed by atoms with E-state index in [1.165, 1.54) is 22.6 Å². The van der Waals surface area contributed by atoms with Crippen molar-refractivity contribution in [3.8, 4) is 0 Å². The van der Waals surface area contributed by atoms with Crippen LogP contribution in [0.15, 0.2) is 70.5 Å². The summed E-state index contributed by atoms with van der Waals surface area (Å²) in [5.41, 5.74) is 1.83. The molecule has 1 fully saturated rings. The zero-order valence-corrected chi connectivity index (χ0v) is 22.3. The smallest absolute Gasteiger partial charge is 0.261 e. The minimum absolute atomic E-state index is 0.170. The molecular weight excluding hydrogens is 528 g/mol. The number of sulfone groups is 1. The number of H-pyrrole nitrogens is 1. The topological polar surface area (TPSA) is 154 Å². The molecule has 0 spiro atoms. The average molecular weight is 555 g/mol. The Bertz CT molecular complexity index is 1780. The highest BCUT2D eigenvalue weighted by molar-refractivity contribution is 7.93. The number of nitrogens with zero attached hydrogens (tertiary/aromatic N) is 3. The minimum atomic E-state index is -3.42. The predicted octanol–water partition coefficient (Wildman–Crippen LogP) is 3.01. The third kappa shape index (κ3) is 5.20. The summed E-state index contributed by atoms with van der Waals surface area (Å²) in [6.07, 6.45) is 3.95. The van der Waals surface area contributed by atoms with Gasteiger partial charge in [-0.15, -0.1) is 0 Å². The summed E-state index contributed by atoms with van der Waals surface area (Å²) in [6.45, 7) is 0.234. The maximum absolute atomic E-state index is 12.8. The van der Waals surface area contributed by atoms with Gasteiger partial charge in [0.1, 0.15) is 11.2 Å². The zero-order chi connectivity index (χ0) is 27.1. The Balaban J connectivity index is 1.45. The molecule has 4 aromatic rings. The summed E-state index contributed by atoms with van der Waals surface area (Å²) in [7, 11) is -5.22. The first-order chi connectivity index (χ1) is 18.0. The number of aromatic amines is 1. The van der Waals surface area contributed by atoms with Crippen LogP contribution < -0.4 is 20.5 Å². The summed E-state index contributed by atoms with van der Waals surface area (Å²) < 4.78 is 50.5. The van der Waals surface area contributed by atoms with E-state index in [4.69, 9.17) is 0 Å². The standard InChI is InChI=1S/C25H26N6O5S2/c1-31(38(35,36)19-11-12-19)21-6-4-3-5-16(21)15-27-25-29-20-13-14-26-24(32)22(20)23(30-25)28-17-7-9-18(10-8-17)37(2,33)34/h3-10,13-14,19H,11-12,15H2,1-2H3,(H,26,32)(H2,27,28,29,30). The van der Waals surface area contributed by atoms with Crippen LogP contribution in [0, 0.1) is 0 Å². The van der Waals surface area contributed by atoms with Gasteiger partial charge >= 0.3 is 0 Å². The Labute approximate surface area is 219 Å². The quantitative estimate of drug-likeness (QED) is 0.283. The highest BCUT2D eigenvalue weighted by Crippen LogP contribution is 2.34. The summed E-state index contributed by atoms with van der Waals surface area (Å²) in [4.78, 5) is 24.4. The molecule has 198 valence electrons. The number of para-hydroxylation sites is 1. The van der Waals surface area contributed by atoms with Gasteiger partial charge < -0.3 is 15.6 Å². The Morgan fingerprint density at radius 3 is 2.39 bits per heavy atom. The minimum Gasteiger partial charge on any atom is -0.350 e. The molecule has 0 bridgehead atoms. The molecule has 5 rings (SSSR count). The van der Waals surface area contributed by atoms with Gasteiger partial charge in [-0.25, -0.2) is 21.8 Å². The molecule has 0 atom stereocenters. The van der Waals surface area contributed by atoms with E-state index in [2.05, 4.69) is 25.6 Å². The average Bonchev–Trinajstić information content (AvgIpc) is 3.73. The lowest BCUT2D eigenvalue weighted by Crippen LogP contribution is -2.30. The lowest BCUT2D eigenvalue weighted by Gasteiger charge is -2.22. The number of hydrogen-bond donors (Lipinski definition) is 3. The van der Waals surface area contributed by atoms with Crippen LogP contribution in [0.4, 0.5) is 23.1 Å². The number of nitrogens with one attached hydrogen (secondary N) is 3. The molecule has 13 heteroatoms. The molecule has 0 amide bonds. The van der Waals surface area contributed by atoms with Crippen molar-refractivity contribution in [3.63, 3.8) is 0 Å². The van der Waals surface area contributed by atoms with Crippen LogP contribution >= 0.6 is 0 Å². The summed E-state index contributed by atoms with van der Waals surface area (Å²) >= 11 is 0. The second-order valence-electron chi connectivity index (χ2n) is 9.08. The Morgan fingerprint density at radius 1 is 1.00 bits per heavy atom. The maximum Gasteiger partial charge on any atom is 0.261 e.